The molecule has 0 amide bonds. The van der Waals surface area contributed by atoms with Crippen molar-refractivity contribution in [1.82, 2.24) is 0 Å². The molecule has 1 fully saturated rings. The number of aliphatic hydroxyl groups excluding tert-OH is 1. The van der Waals surface area contributed by atoms with Crippen molar-refractivity contribution in [2.45, 2.75) is 57.6 Å². The van der Waals surface area contributed by atoms with E-state index >= 15 is 0 Å². The Morgan fingerprint density at radius 3 is 2.00 bits per heavy atom. The van der Waals surface area contributed by atoms with Gasteiger partial charge in [0, 0.05) is 0 Å². The van der Waals surface area contributed by atoms with Gasteiger partial charge in [0.05, 0.1) is 12.1 Å². The minimum absolute atomic E-state index is 0. The fourth-order valence-corrected chi connectivity index (χ4v) is 2.89. The minimum Gasteiger partial charge on any atom is -0.391 e. The summed E-state index contributed by atoms with van der Waals surface area (Å²) in [5, 5.41) is 10.3. The first kappa shape index (κ1) is 16.5. The molecule has 3 heteroatoms. The monoisotopic (exact) mass is 283 g/mol. The van der Waals surface area contributed by atoms with Crippen LogP contribution in [0.4, 0.5) is 0 Å². The Hall–Kier alpha value is -0.570. The van der Waals surface area contributed by atoms with E-state index in [-0.39, 0.29) is 18.4 Å². The first-order chi connectivity index (χ1) is 8.59. The third-order valence-corrected chi connectivity index (χ3v) is 4.24. The number of hydrogen-bond acceptors (Lipinski definition) is 2. The number of hydrogen-bond donors (Lipinski definition) is 2. The molecule has 1 aliphatic rings. The molecule has 0 unspecified atom stereocenters. The SMILES string of the molecule is CC(C)c1ccc([C@H](N)[C@H](O)C2CCCC2)cc1.Cl. The maximum atomic E-state index is 10.3. The Balaban J connectivity index is 0.00000180. The van der Waals surface area contributed by atoms with E-state index in [1.807, 2.05) is 0 Å². The fourth-order valence-electron chi connectivity index (χ4n) is 2.89. The van der Waals surface area contributed by atoms with E-state index in [9.17, 15) is 5.11 Å². The Kier molecular flexibility index (Phi) is 6.31. The van der Waals surface area contributed by atoms with Crippen LogP contribution in [0, 0.1) is 5.92 Å². The Morgan fingerprint density at radius 2 is 1.53 bits per heavy atom. The van der Waals surface area contributed by atoms with Crippen LogP contribution in [0.1, 0.15) is 62.6 Å². The van der Waals surface area contributed by atoms with Crippen LogP contribution in [0.25, 0.3) is 0 Å². The van der Waals surface area contributed by atoms with Crippen LogP contribution < -0.4 is 5.73 Å². The highest BCUT2D eigenvalue weighted by molar-refractivity contribution is 5.85. The average molecular weight is 284 g/mol. The molecule has 1 saturated carbocycles. The van der Waals surface area contributed by atoms with Gasteiger partial charge in [-0.3, -0.25) is 0 Å². The van der Waals surface area contributed by atoms with Gasteiger partial charge in [0.15, 0.2) is 0 Å². The maximum absolute atomic E-state index is 10.3. The van der Waals surface area contributed by atoms with E-state index in [0.29, 0.717) is 11.8 Å². The van der Waals surface area contributed by atoms with E-state index in [0.717, 1.165) is 18.4 Å². The second-order valence-corrected chi connectivity index (χ2v) is 5.88. The molecule has 1 aliphatic carbocycles. The molecule has 0 bridgehead atoms. The molecule has 3 N–H and O–H groups in total. The zero-order chi connectivity index (χ0) is 13.1. The molecular formula is C16H26ClNO. The summed E-state index contributed by atoms with van der Waals surface area (Å²) in [4.78, 5) is 0. The van der Waals surface area contributed by atoms with Gasteiger partial charge >= 0.3 is 0 Å². The van der Waals surface area contributed by atoms with E-state index in [2.05, 4.69) is 38.1 Å². The average Bonchev–Trinajstić information content (AvgIpc) is 2.91. The van der Waals surface area contributed by atoms with E-state index in [1.54, 1.807) is 0 Å². The topological polar surface area (TPSA) is 46.2 Å². The molecule has 19 heavy (non-hydrogen) atoms. The molecular weight excluding hydrogens is 258 g/mol. The van der Waals surface area contributed by atoms with Gasteiger partial charge in [0.2, 0.25) is 0 Å². The van der Waals surface area contributed by atoms with Crippen LogP contribution in [-0.4, -0.2) is 11.2 Å². The molecule has 0 radical (unpaired) electrons. The van der Waals surface area contributed by atoms with Crippen molar-refractivity contribution in [3.05, 3.63) is 35.4 Å². The quantitative estimate of drug-likeness (QED) is 0.883. The Labute approximate surface area is 122 Å². The predicted octanol–water partition coefficient (Wildman–Crippen LogP) is 3.78. The van der Waals surface area contributed by atoms with Crippen molar-refractivity contribution in [1.29, 1.82) is 0 Å². The van der Waals surface area contributed by atoms with Crippen molar-refractivity contribution in [2.75, 3.05) is 0 Å². The largest absolute Gasteiger partial charge is 0.391 e. The highest BCUT2D eigenvalue weighted by Gasteiger charge is 2.28. The van der Waals surface area contributed by atoms with Crippen molar-refractivity contribution in [2.24, 2.45) is 11.7 Å². The summed E-state index contributed by atoms with van der Waals surface area (Å²) in [5.41, 5.74) is 8.57. The summed E-state index contributed by atoms with van der Waals surface area (Å²) in [6, 6.07) is 8.15. The molecule has 0 aromatic heterocycles. The molecule has 0 heterocycles. The van der Waals surface area contributed by atoms with Crippen molar-refractivity contribution in [3.63, 3.8) is 0 Å². The van der Waals surface area contributed by atoms with Gasteiger partial charge in [0.25, 0.3) is 0 Å². The lowest BCUT2D eigenvalue weighted by Crippen LogP contribution is -2.31. The maximum Gasteiger partial charge on any atom is 0.0760 e. The first-order valence-electron chi connectivity index (χ1n) is 7.13. The van der Waals surface area contributed by atoms with Crippen molar-refractivity contribution < 1.29 is 5.11 Å². The van der Waals surface area contributed by atoms with E-state index < -0.39 is 6.10 Å². The third kappa shape index (κ3) is 3.95. The van der Waals surface area contributed by atoms with E-state index in [4.69, 9.17) is 5.73 Å². The molecule has 0 saturated heterocycles. The second kappa shape index (κ2) is 7.28. The highest BCUT2D eigenvalue weighted by Crippen LogP contribution is 2.32. The van der Waals surface area contributed by atoms with Gasteiger partial charge in [-0.25, -0.2) is 0 Å². The second-order valence-electron chi connectivity index (χ2n) is 5.88. The zero-order valence-electron chi connectivity index (χ0n) is 11.9. The van der Waals surface area contributed by atoms with Gasteiger partial charge in [0.1, 0.15) is 0 Å². The summed E-state index contributed by atoms with van der Waals surface area (Å²) >= 11 is 0. The van der Waals surface area contributed by atoms with Crippen LogP contribution in [0.5, 0.6) is 0 Å². The number of halogens is 1. The van der Waals surface area contributed by atoms with Gasteiger partial charge < -0.3 is 10.8 Å². The number of nitrogens with two attached hydrogens (primary N) is 1. The molecule has 2 atom stereocenters. The minimum atomic E-state index is -0.391. The summed E-state index contributed by atoms with van der Waals surface area (Å²) < 4.78 is 0. The molecule has 108 valence electrons. The molecule has 2 nitrogen and oxygen atoms in total. The van der Waals surface area contributed by atoms with Crippen LogP contribution in [-0.2, 0) is 0 Å². The van der Waals surface area contributed by atoms with Crippen LogP contribution in [0.15, 0.2) is 24.3 Å². The van der Waals surface area contributed by atoms with Gasteiger partial charge in [-0.2, -0.15) is 0 Å². The third-order valence-electron chi connectivity index (χ3n) is 4.24. The number of benzene rings is 1. The molecule has 2 rings (SSSR count). The summed E-state index contributed by atoms with van der Waals surface area (Å²) in [6.45, 7) is 4.37. The zero-order valence-corrected chi connectivity index (χ0v) is 12.7. The first-order valence-corrected chi connectivity index (χ1v) is 7.13. The van der Waals surface area contributed by atoms with Crippen molar-refractivity contribution >= 4 is 12.4 Å². The summed E-state index contributed by atoms with van der Waals surface area (Å²) in [7, 11) is 0. The van der Waals surface area contributed by atoms with Crippen LogP contribution in [0.3, 0.4) is 0 Å². The molecule has 1 aromatic rings. The Bertz CT molecular complexity index is 371. The van der Waals surface area contributed by atoms with Crippen LogP contribution >= 0.6 is 12.4 Å². The van der Waals surface area contributed by atoms with Crippen LogP contribution in [0.2, 0.25) is 0 Å². The lowest BCUT2D eigenvalue weighted by atomic mass is 9.90. The lowest BCUT2D eigenvalue weighted by Gasteiger charge is -2.24. The predicted molar refractivity (Wildman–Crippen MR) is 82.7 cm³/mol. The van der Waals surface area contributed by atoms with Gasteiger partial charge in [-0.1, -0.05) is 51.0 Å². The van der Waals surface area contributed by atoms with E-state index in [1.165, 1.54) is 18.4 Å². The number of rotatable bonds is 4. The standard InChI is InChI=1S/C16H25NO.ClH/c1-11(2)12-7-9-13(10-8-12)15(17)16(18)14-5-3-4-6-14;/h7-11,14-16,18H,3-6,17H2,1-2H3;1H/t15-,16+;/m0./s1. The van der Waals surface area contributed by atoms with Crippen molar-refractivity contribution in [3.8, 4) is 0 Å². The van der Waals surface area contributed by atoms with Gasteiger partial charge in [-0.05, 0) is 35.8 Å². The summed E-state index contributed by atoms with van der Waals surface area (Å²) in [5.74, 6) is 0.930. The number of aliphatic hydroxyl groups is 1. The fraction of sp³-hybridized carbons (Fsp3) is 0.625. The molecule has 0 aliphatic heterocycles. The normalized spacial score (nSPS) is 19.2. The lowest BCUT2D eigenvalue weighted by molar-refractivity contribution is 0.0845. The smallest absolute Gasteiger partial charge is 0.0760 e. The molecule has 0 spiro atoms. The Morgan fingerprint density at radius 1 is 1.05 bits per heavy atom. The summed E-state index contributed by atoms with van der Waals surface area (Å²) in [6.07, 6.45) is 4.33. The van der Waals surface area contributed by atoms with Gasteiger partial charge in [-0.15, -0.1) is 12.4 Å². The molecule has 1 aromatic carbocycles. The highest BCUT2D eigenvalue weighted by atomic mass is 35.5.